The van der Waals surface area contributed by atoms with Crippen molar-refractivity contribution in [3.05, 3.63) is 48.3 Å². The fraction of sp³-hybridized carbons (Fsp3) is 0.435. The summed E-state index contributed by atoms with van der Waals surface area (Å²) in [7, 11) is -3.68. The molecule has 1 fully saturated rings. The first kappa shape index (κ1) is 24.9. The van der Waals surface area contributed by atoms with Gasteiger partial charge in [-0.2, -0.15) is 4.31 Å². The van der Waals surface area contributed by atoms with Gasteiger partial charge >= 0.3 is 0 Å². The van der Waals surface area contributed by atoms with Crippen molar-refractivity contribution in [2.75, 3.05) is 56.2 Å². The highest BCUT2D eigenvalue weighted by Gasteiger charge is 2.24. The molecule has 1 N–H and O–H groups in total. The molecule has 180 valence electrons. The minimum atomic E-state index is -3.68. The lowest BCUT2D eigenvalue weighted by Crippen LogP contribution is -2.37. The second-order valence-corrected chi connectivity index (χ2v) is 9.41. The van der Waals surface area contributed by atoms with Crippen LogP contribution in [0.5, 0.6) is 5.75 Å². The molecule has 1 heterocycles. The third kappa shape index (κ3) is 6.43. The van der Waals surface area contributed by atoms with Crippen LogP contribution in [0.2, 0.25) is 0 Å². The van der Waals surface area contributed by atoms with Gasteiger partial charge in [-0.05, 0) is 42.5 Å². The van der Waals surface area contributed by atoms with Crippen LogP contribution >= 0.6 is 0 Å². The van der Waals surface area contributed by atoms with E-state index in [4.69, 9.17) is 9.47 Å². The molecular weight excluding hydrogens is 449 g/mol. The van der Waals surface area contributed by atoms with Gasteiger partial charge in [0, 0.05) is 26.2 Å². The number of halogens is 1. The summed E-state index contributed by atoms with van der Waals surface area (Å²) in [5.74, 6) is -0.218. The Kier molecular flexibility index (Phi) is 8.65. The number of nitrogens with zero attached hydrogens (tertiary/aromatic N) is 2. The average Bonchev–Trinajstić information content (AvgIpc) is 2.81. The van der Waals surface area contributed by atoms with Crippen LogP contribution < -0.4 is 15.0 Å². The molecule has 1 aliphatic rings. The molecule has 3 rings (SSSR count). The number of nitrogens with one attached hydrogen (secondary N) is 1. The lowest BCUT2D eigenvalue weighted by atomic mass is 10.2. The molecule has 0 unspecified atom stereocenters. The number of carbonyl (C=O) groups excluding carboxylic acids is 1. The number of anilines is 2. The Balaban J connectivity index is 1.77. The summed E-state index contributed by atoms with van der Waals surface area (Å²) < 4.78 is 51.3. The van der Waals surface area contributed by atoms with Crippen molar-refractivity contribution in [2.45, 2.75) is 25.2 Å². The van der Waals surface area contributed by atoms with E-state index in [1.807, 2.05) is 0 Å². The topological polar surface area (TPSA) is 88.2 Å². The fourth-order valence-corrected chi connectivity index (χ4v) is 5.06. The Morgan fingerprint density at radius 2 is 1.79 bits per heavy atom. The molecule has 0 aliphatic carbocycles. The number of hydrogen-bond donors (Lipinski definition) is 1. The van der Waals surface area contributed by atoms with Crippen LogP contribution in [0.4, 0.5) is 15.8 Å². The van der Waals surface area contributed by atoms with E-state index < -0.39 is 10.0 Å². The Labute approximate surface area is 194 Å². The summed E-state index contributed by atoms with van der Waals surface area (Å²) in [4.78, 5) is 14.8. The molecule has 2 aromatic rings. The van der Waals surface area contributed by atoms with Gasteiger partial charge in [-0.25, -0.2) is 12.8 Å². The van der Waals surface area contributed by atoms with Gasteiger partial charge in [-0.1, -0.05) is 13.8 Å². The van der Waals surface area contributed by atoms with E-state index in [0.717, 1.165) is 5.69 Å². The van der Waals surface area contributed by atoms with Crippen molar-refractivity contribution in [1.29, 1.82) is 0 Å². The van der Waals surface area contributed by atoms with Crippen LogP contribution in [-0.4, -0.2) is 64.6 Å². The number of carbonyl (C=O) groups is 1. The second kappa shape index (κ2) is 11.4. The third-order valence-electron chi connectivity index (χ3n) is 5.35. The first-order valence-corrected chi connectivity index (χ1v) is 12.4. The van der Waals surface area contributed by atoms with Gasteiger partial charge in [0.25, 0.3) is 0 Å². The summed E-state index contributed by atoms with van der Waals surface area (Å²) in [6.45, 7) is 6.76. The molecular formula is C23H30FN3O5S. The van der Waals surface area contributed by atoms with E-state index in [9.17, 15) is 17.6 Å². The molecule has 0 bridgehead atoms. The van der Waals surface area contributed by atoms with Crippen molar-refractivity contribution in [1.82, 2.24) is 4.31 Å². The zero-order chi connectivity index (χ0) is 23.8. The number of hydrogen-bond acceptors (Lipinski definition) is 6. The average molecular weight is 480 g/mol. The Morgan fingerprint density at radius 3 is 2.42 bits per heavy atom. The molecule has 0 spiro atoms. The van der Waals surface area contributed by atoms with Crippen molar-refractivity contribution in [2.24, 2.45) is 0 Å². The van der Waals surface area contributed by atoms with Gasteiger partial charge in [-0.3, -0.25) is 4.79 Å². The van der Waals surface area contributed by atoms with Crippen molar-refractivity contribution in [3.8, 4) is 5.75 Å². The van der Waals surface area contributed by atoms with Crippen molar-refractivity contribution in [3.63, 3.8) is 0 Å². The van der Waals surface area contributed by atoms with Crippen LogP contribution in [0.25, 0.3) is 0 Å². The molecule has 1 aliphatic heterocycles. The van der Waals surface area contributed by atoms with Crippen LogP contribution in [0.1, 0.15) is 20.3 Å². The number of amides is 1. The van der Waals surface area contributed by atoms with Crippen molar-refractivity contribution >= 4 is 27.3 Å². The lowest BCUT2D eigenvalue weighted by molar-refractivity contribution is -0.116. The standard InChI is InChI=1S/C23H30FN3O5S/c1-3-27(4-2)33(29,30)20-9-10-22(26-12-15-31-16-13-26)21(17-20)25-23(28)11-14-32-19-7-5-18(24)6-8-19/h5-10,17H,3-4,11-16H2,1-2H3,(H,25,28). The molecule has 0 radical (unpaired) electrons. The molecule has 10 heteroatoms. The van der Waals surface area contributed by atoms with Gasteiger partial charge in [0.05, 0.1) is 42.5 Å². The Hall–Kier alpha value is -2.69. The lowest BCUT2D eigenvalue weighted by Gasteiger charge is -2.31. The smallest absolute Gasteiger partial charge is 0.243 e. The number of benzene rings is 2. The number of rotatable bonds is 10. The maximum atomic E-state index is 13.0. The first-order valence-electron chi connectivity index (χ1n) is 11.0. The van der Waals surface area contributed by atoms with E-state index in [-0.39, 0.29) is 29.6 Å². The fourth-order valence-electron chi connectivity index (χ4n) is 3.57. The quantitative estimate of drug-likeness (QED) is 0.564. The summed E-state index contributed by atoms with van der Waals surface area (Å²) in [6.07, 6.45) is 0.0486. The normalized spacial score (nSPS) is 14.4. The van der Waals surface area contributed by atoms with Gasteiger partial charge in [0.1, 0.15) is 11.6 Å². The molecule has 0 saturated carbocycles. The largest absolute Gasteiger partial charge is 0.493 e. The molecule has 1 amide bonds. The Bertz CT molecular complexity index is 1040. The third-order valence-corrected chi connectivity index (χ3v) is 7.39. The van der Waals surface area contributed by atoms with Gasteiger partial charge in [0.15, 0.2) is 0 Å². The van der Waals surface area contributed by atoms with E-state index in [1.165, 1.54) is 34.6 Å². The minimum absolute atomic E-state index is 0.0486. The van der Waals surface area contributed by atoms with E-state index in [2.05, 4.69) is 10.2 Å². The minimum Gasteiger partial charge on any atom is -0.493 e. The predicted octanol–water partition coefficient (Wildman–Crippen LogP) is 3.10. The maximum Gasteiger partial charge on any atom is 0.243 e. The SMILES string of the molecule is CCN(CC)S(=O)(=O)c1ccc(N2CCOCC2)c(NC(=O)CCOc2ccc(F)cc2)c1. The maximum absolute atomic E-state index is 13.0. The van der Waals surface area contributed by atoms with Crippen LogP contribution in [0, 0.1) is 5.82 Å². The summed E-state index contributed by atoms with van der Waals surface area (Å²) in [5, 5.41) is 2.85. The zero-order valence-electron chi connectivity index (χ0n) is 18.9. The van der Waals surface area contributed by atoms with E-state index in [0.29, 0.717) is 50.8 Å². The first-order chi connectivity index (χ1) is 15.8. The van der Waals surface area contributed by atoms with Gasteiger partial charge in [0.2, 0.25) is 15.9 Å². The number of morpholine rings is 1. The van der Waals surface area contributed by atoms with Crippen molar-refractivity contribution < 1.29 is 27.1 Å². The van der Waals surface area contributed by atoms with Crippen LogP contribution in [-0.2, 0) is 19.6 Å². The molecule has 0 aromatic heterocycles. The molecule has 8 nitrogen and oxygen atoms in total. The summed E-state index contributed by atoms with van der Waals surface area (Å²) >= 11 is 0. The highest BCUT2D eigenvalue weighted by atomic mass is 32.2. The molecule has 33 heavy (non-hydrogen) atoms. The number of sulfonamides is 1. The molecule has 0 atom stereocenters. The van der Waals surface area contributed by atoms with Gasteiger partial charge < -0.3 is 19.7 Å². The summed E-state index contributed by atoms with van der Waals surface area (Å²) in [5.41, 5.74) is 1.17. The monoisotopic (exact) mass is 479 g/mol. The van der Waals surface area contributed by atoms with Crippen LogP contribution in [0.3, 0.4) is 0 Å². The van der Waals surface area contributed by atoms with E-state index >= 15 is 0 Å². The Morgan fingerprint density at radius 1 is 1.12 bits per heavy atom. The van der Waals surface area contributed by atoms with Gasteiger partial charge in [-0.15, -0.1) is 0 Å². The van der Waals surface area contributed by atoms with E-state index in [1.54, 1.807) is 26.0 Å². The zero-order valence-corrected chi connectivity index (χ0v) is 19.7. The molecule has 2 aromatic carbocycles. The molecule has 1 saturated heterocycles. The summed E-state index contributed by atoms with van der Waals surface area (Å²) in [6, 6.07) is 10.4. The second-order valence-electron chi connectivity index (χ2n) is 7.47. The highest BCUT2D eigenvalue weighted by molar-refractivity contribution is 7.89. The number of ether oxygens (including phenoxy) is 2. The predicted molar refractivity (Wildman–Crippen MR) is 125 cm³/mol. The highest BCUT2D eigenvalue weighted by Crippen LogP contribution is 2.31. The van der Waals surface area contributed by atoms with Crippen LogP contribution in [0.15, 0.2) is 47.4 Å².